The van der Waals surface area contributed by atoms with Crippen molar-refractivity contribution in [3.63, 3.8) is 0 Å². The number of pyridine rings is 1. The number of benzene rings is 1. The van der Waals surface area contributed by atoms with Crippen LogP contribution in [-0.2, 0) is 0 Å². The normalized spacial score (nSPS) is 10.2. The quantitative estimate of drug-likeness (QED) is 0.906. The number of ether oxygens (including phenoxy) is 1. The molecule has 0 spiro atoms. The molecule has 0 bridgehead atoms. The van der Waals surface area contributed by atoms with Crippen LogP contribution in [0.1, 0.15) is 10.4 Å². The van der Waals surface area contributed by atoms with Gasteiger partial charge in [0.05, 0.1) is 16.3 Å². The molecule has 0 aliphatic carbocycles. The first kappa shape index (κ1) is 13.5. The van der Waals surface area contributed by atoms with Gasteiger partial charge in [0.25, 0.3) is 0 Å². The number of rotatable bonds is 3. The van der Waals surface area contributed by atoms with Crippen molar-refractivity contribution in [3.8, 4) is 11.6 Å². The Hall–Kier alpha value is -1.98. The maximum Gasteiger partial charge on any atom is 0.337 e. The van der Waals surface area contributed by atoms with E-state index in [4.69, 9.17) is 38.8 Å². The summed E-state index contributed by atoms with van der Waals surface area (Å²) in [5.74, 6) is -0.710. The highest BCUT2D eigenvalue weighted by atomic mass is 35.5. The predicted octanol–water partition coefficient (Wildman–Crippen LogP) is 3.46. The Kier molecular flexibility index (Phi) is 3.78. The average molecular weight is 299 g/mol. The summed E-state index contributed by atoms with van der Waals surface area (Å²) < 4.78 is 5.41. The van der Waals surface area contributed by atoms with E-state index in [9.17, 15) is 4.79 Å². The van der Waals surface area contributed by atoms with Crippen LogP contribution in [0.5, 0.6) is 11.6 Å². The molecule has 0 radical (unpaired) electrons. The Morgan fingerprint density at radius 3 is 2.63 bits per heavy atom. The zero-order chi connectivity index (χ0) is 14.0. The second-order valence-electron chi connectivity index (χ2n) is 3.60. The van der Waals surface area contributed by atoms with Crippen molar-refractivity contribution in [3.05, 3.63) is 46.1 Å². The van der Waals surface area contributed by atoms with Gasteiger partial charge in [0.15, 0.2) is 0 Å². The van der Waals surface area contributed by atoms with Crippen molar-refractivity contribution in [1.82, 2.24) is 4.98 Å². The summed E-state index contributed by atoms with van der Waals surface area (Å²) in [6.07, 6.45) is 1.15. The van der Waals surface area contributed by atoms with Crippen molar-refractivity contribution in [2.75, 3.05) is 5.73 Å². The Bertz CT molecular complexity index is 647. The van der Waals surface area contributed by atoms with Crippen LogP contribution in [0.2, 0.25) is 10.0 Å². The number of nitrogens with two attached hydrogens (primary N) is 1. The minimum Gasteiger partial charge on any atom is -0.478 e. The van der Waals surface area contributed by atoms with E-state index in [1.165, 1.54) is 12.1 Å². The highest BCUT2D eigenvalue weighted by Gasteiger charge is 2.11. The number of aromatic nitrogens is 1. The molecule has 0 saturated heterocycles. The fourth-order valence-electron chi connectivity index (χ4n) is 1.33. The van der Waals surface area contributed by atoms with E-state index in [-0.39, 0.29) is 17.1 Å². The van der Waals surface area contributed by atoms with Gasteiger partial charge in [-0.05, 0) is 24.3 Å². The maximum absolute atomic E-state index is 10.7. The van der Waals surface area contributed by atoms with E-state index in [1.54, 1.807) is 12.1 Å². The molecule has 1 aromatic carbocycles. The largest absolute Gasteiger partial charge is 0.478 e. The van der Waals surface area contributed by atoms with Crippen molar-refractivity contribution in [2.24, 2.45) is 0 Å². The molecule has 0 amide bonds. The molecular weight excluding hydrogens is 291 g/mol. The lowest BCUT2D eigenvalue weighted by Gasteiger charge is -2.09. The van der Waals surface area contributed by atoms with Crippen molar-refractivity contribution in [2.45, 2.75) is 0 Å². The number of halogens is 2. The third kappa shape index (κ3) is 3.07. The van der Waals surface area contributed by atoms with Gasteiger partial charge in [0, 0.05) is 11.2 Å². The van der Waals surface area contributed by atoms with Gasteiger partial charge in [0.1, 0.15) is 5.75 Å². The summed E-state index contributed by atoms with van der Waals surface area (Å²) in [6, 6.07) is 5.94. The fraction of sp³-hybridized carbons (Fsp3) is 0. The smallest absolute Gasteiger partial charge is 0.337 e. The van der Waals surface area contributed by atoms with Crippen LogP contribution in [0.15, 0.2) is 30.5 Å². The number of carboxylic acids is 1. The van der Waals surface area contributed by atoms with Gasteiger partial charge < -0.3 is 15.6 Å². The first-order valence-corrected chi connectivity index (χ1v) is 5.84. The summed E-state index contributed by atoms with van der Waals surface area (Å²) in [5.41, 5.74) is 5.75. The van der Waals surface area contributed by atoms with Gasteiger partial charge in [-0.1, -0.05) is 23.2 Å². The number of carboxylic acid groups (broad SMARTS) is 1. The van der Waals surface area contributed by atoms with Crippen molar-refractivity contribution in [1.29, 1.82) is 0 Å². The number of aromatic carboxylic acids is 1. The van der Waals surface area contributed by atoms with E-state index in [1.807, 2.05) is 0 Å². The minimum absolute atomic E-state index is 0.0212. The lowest BCUT2D eigenvalue weighted by Crippen LogP contribution is -2.01. The van der Waals surface area contributed by atoms with Gasteiger partial charge in [-0.15, -0.1) is 0 Å². The van der Waals surface area contributed by atoms with Crippen LogP contribution in [0.3, 0.4) is 0 Å². The Labute approximate surface area is 118 Å². The third-order valence-corrected chi connectivity index (χ3v) is 2.76. The monoisotopic (exact) mass is 298 g/mol. The standard InChI is InChI=1S/C12H8Cl2N2O3/c13-7-1-2-10(8(14)4-7)19-11-9(15)3-6(5-16-11)12(17)18/h1-5H,15H2,(H,17,18). The van der Waals surface area contributed by atoms with E-state index >= 15 is 0 Å². The number of nitrogen functional groups attached to an aromatic ring is 1. The molecule has 3 N–H and O–H groups in total. The lowest BCUT2D eigenvalue weighted by molar-refractivity contribution is 0.0696. The first-order valence-electron chi connectivity index (χ1n) is 5.09. The molecule has 19 heavy (non-hydrogen) atoms. The lowest BCUT2D eigenvalue weighted by atomic mass is 10.2. The second kappa shape index (κ2) is 5.34. The van der Waals surface area contributed by atoms with Gasteiger partial charge in [-0.3, -0.25) is 0 Å². The van der Waals surface area contributed by atoms with Crippen LogP contribution < -0.4 is 10.5 Å². The van der Waals surface area contributed by atoms with Crippen LogP contribution in [-0.4, -0.2) is 16.1 Å². The van der Waals surface area contributed by atoms with E-state index in [0.29, 0.717) is 15.8 Å². The molecule has 0 unspecified atom stereocenters. The van der Waals surface area contributed by atoms with Gasteiger partial charge in [-0.25, -0.2) is 9.78 Å². The zero-order valence-corrected chi connectivity index (χ0v) is 10.9. The number of anilines is 1. The first-order chi connectivity index (χ1) is 8.97. The summed E-state index contributed by atoms with van der Waals surface area (Å²) in [5, 5.41) is 9.57. The molecule has 0 atom stereocenters. The van der Waals surface area contributed by atoms with Crippen LogP contribution >= 0.6 is 23.2 Å². The molecular formula is C12H8Cl2N2O3. The zero-order valence-electron chi connectivity index (χ0n) is 9.43. The Morgan fingerprint density at radius 1 is 1.32 bits per heavy atom. The maximum atomic E-state index is 10.7. The number of carbonyl (C=O) groups is 1. The van der Waals surface area contributed by atoms with Crippen LogP contribution in [0.25, 0.3) is 0 Å². The summed E-state index contributed by atoms with van der Waals surface area (Å²) >= 11 is 11.7. The molecule has 2 aromatic rings. The highest BCUT2D eigenvalue weighted by molar-refractivity contribution is 6.35. The summed E-state index contributed by atoms with van der Waals surface area (Å²) in [4.78, 5) is 14.6. The highest BCUT2D eigenvalue weighted by Crippen LogP contribution is 2.32. The second-order valence-corrected chi connectivity index (χ2v) is 4.44. The van der Waals surface area contributed by atoms with Crippen molar-refractivity contribution >= 4 is 34.9 Å². The third-order valence-electron chi connectivity index (χ3n) is 2.23. The molecule has 1 heterocycles. The molecule has 2 rings (SSSR count). The predicted molar refractivity (Wildman–Crippen MR) is 72.1 cm³/mol. The van der Waals surface area contributed by atoms with Crippen LogP contribution in [0, 0.1) is 0 Å². The number of hydrogen-bond donors (Lipinski definition) is 2. The Morgan fingerprint density at radius 2 is 2.05 bits per heavy atom. The molecule has 0 aliphatic rings. The van der Waals surface area contributed by atoms with E-state index < -0.39 is 5.97 Å². The molecule has 0 saturated carbocycles. The van der Waals surface area contributed by atoms with Gasteiger partial charge >= 0.3 is 5.97 Å². The minimum atomic E-state index is -1.12. The van der Waals surface area contributed by atoms with Gasteiger partial charge in [0.2, 0.25) is 5.88 Å². The Balaban J connectivity index is 2.31. The van der Waals surface area contributed by atoms with Crippen LogP contribution in [0.4, 0.5) is 5.69 Å². The molecule has 5 nitrogen and oxygen atoms in total. The van der Waals surface area contributed by atoms with E-state index in [0.717, 1.165) is 6.20 Å². The fourth-order valence-corrected chi connectivity index (χ4v) is 1.78. The molecule has 7 heteroatoms. The molecule has 1 aromatic heterocycles. The number of nitrogens with zero attached hydrogens (tertiary/aromatic N) is 1. The summed E-state index contributed by atoms with van der Waals surface area (Å²) in [6.45, 7) is 0. The molecule has 98 valence electrons. The number of hydrogen-bond acceptors (Lipinski definition) is 4. The topological polar surface area (TPSA) is 85.4 Å². The summed E-state index contributed by atoms with van der Waals surface area (Å²) in [7, 11) is 0. The SMILES string of the molecule is Nc1cc(C(=O)O)cnc1Oc1ccc(Cl)cc1Cl. The molecule has 0 aliphatic heterocycles. The van der Waals surface area contributed by atoms with E-state index in [2.05, 4.69) is 4.98 Å². The van der Waals surface area contributed by atoms with Crippen molar-refractivity contribution < 1.29 is 14.6 Å². The van der Waals surface area contributed by atoms with Gasteiger partial charge in [-0.2, -0.15) is 0 Å². The molecule has 0 fully saturated rings. The average Bonchev–Trinajstić information content (AvgIpc) is 2.34.